The number of hydrogen-bond donors (Lipinski definition) is 1. The molecule has 4 heteroatoms. The Morgan fingerprint density at radius 3 is 2.77 bits per heavy atom. The van der Waals surface area contributed by atoms with Gasteiger partial charge in [0, 0.05) is 21.4 Å². The van der Waals surface area contributed by atoms with Crippen LogP contribution in [0.15, 0.2) is 34.7 Å². The zero-order valence-corrected chi connectivity index (χ0v) is 8.46. The van der Waals surface area contributed by atoms with E-state index in [0.29, 0.717) is 16.5 Å². The summed E-state index contributed by atoms with van der Waals surface area (Å²) in [6.07, 6.45) is 0. The van der Waals surface area contributed by atoms with Gasteiger partial charge in [-0.15, -0.1) is 11.8 Å². The molecule has 0 amide bonds. The average molecular weight is 218 g/mol. The molecule has 0 saturated carbocycles. The third-order valence-corrected chi connectivity index (χ3v) is 2.64. The smallest absolute Gasteiger partial charge is 0.126 e. The third kappa shape index (κ3) is 3.70. The molecule has 0 aromatic heterocycles. The van der Waals surface area contributed by atoms with Gasteiger partial charge in [-0.2, -0.15) is 0 Å². The lowest BCUT2D eigenvalue weighted by molar-refractivity contribution is 0.625. The molecule has 0 atom stereocenters. The van der Waals surface area contributed by atoms with E-state index in [1.165, 1.54) is 23.9 Å². The zero-order chi connectivity index (χ0) is 9.84. The molecule has 0 saturated heterocycles. The number of rotatable bonds is 3. The van der Waals surface area contributed by atoms with E-state index in [-0.39, 0.29) is 5.82 Å². The van der Waals surface area contributed by atoms with Crippen molar-refractivity contribution < 1.29 is 4.39 Å². The molecule has 1 aromatic rings. The van der Waals surface area contributed by atoms with Gasteiger partial charge in [-0.25, -0.2) is 4.39 Å². The topological polar surface area (TPSA) is 26.0 Å². The highest BCUT2D eigenvalue weighted by atomic mass is 35.5. The summed E-state index contributed by atoms with van der Waals surface area (Å²) in [4.78, 5) is 0.763. The highest BCUT2D eigenvalue weighted by molar-refractivity contribution is 7.99. The summed E-state index contributed by atoms with van der Waals surface area (Å²) in [6.45, 7) is 3.53. The maximum atomic E-state index is 12.8. The molecule has 1 nitrogen and oxygen atoms in total. The van der Waals surface area contributed by atoms with E-state index in [1.807, 2.05) is 0 Å². The van der Waals surface area contributed by atoms with Crippen LogP contribution in [0.2, 0.25) is 0 Å². The quantitative estimate of drug-likeness (QED) is 0.621. The monoisotopic (exact) mass is 217 g/mol. The first-order valence-electron chi connectivity index (χ1n) is 3.60. The molecule has 0 unspecified atom stereocenters. The predicted molar refractivity (Wildman–Crippen MR) is 56.5 cm³/mol. The van der Waals surface area contributed by atoms with Crippen molar-refractivity contribution in [3.05, 3.63) is 35.6 Å². The SMILES string of the molecule is C=C(Cl)CSc1cc(N)cc(F)c1. The second kappa shape index (κ2) is 4.53. The first-order chi connectivity index (χ1) is 6.08. The lowest BCUT2D eigenvalue weighted by Gasteiger charge is -2.01. The second-order valence-corrected chi connectivity index (χ2v) is 4.11. The van der Waals surface area contributed by atoms with Gasteiger partial charge in [-0.1, -0.05) is 18.2 Å². The Balaban J connectivity index is 2.71. The Bertz CT molecular complexity index is 307. The van der Waals surface area contributed by atoms with Gasteiger partial charge in [0.2, 0.25) is 0 Å². The highest BCUT2D eigenvalue weighted by Gasteiger charge is 1.99. The number of benzene rings is 1. The molecule has 13 heavy (non-hydrogen) atoms. The fourth-order valence-corrected chi connectivity index (χ4v) is 1.73. The molecule has 0 aliphatic heterocycles. The van der Waals surface area contributed by atoms with E-state index in [9.17, 15) is 4.39 Å². The summed E-state index contributed by atoms with van der Waals surface area (Å²) in [6, 6.07) is 4.40. The predicted octanol–water partition coefficient (Wildman–Crippen LogP) is 3.25. The van der Waals surface area contributed by atoms with Crippen LogP contribution in [0.4, 0.5) is 10.1 Å². The Morgan fingerprint density at radius 2 is 2.23 bits per heavy atom. The first-order valence-corrected chi connectivity index (χ1v) is 4.96. The number of anilines is 1. The molecule has 70 valence electrons. The van der Waals surface area contributed by atoms with Gasteiger partial charge < -0.3 is 5.73 Å². The van der Waals surface area contributed by atoms with Crippen molar-refractivity contribution in [2.45, 2.75) is 4.90 Å². The van der Waals surface area contributed by atoms with Crippen LogP contribution in [0.1, 0.15) is 0 Å². The standard InChI is InChI=1S/C9H9ClFNS/c1-6(10)5-13-9-3-7(11)2-8(12)4-9/h2-4H,1,5,12H2. The minimum Gasteiger partial charge on any atom is -0.399 e. The van der Waals surface area contributed by atoms with E-state index in [1.54, 1.807) is 6.07 Å². The van der Waals surface area contributed by atoms with Crippen molar-refractivity contribution in [2.24, 2.45) is 0 Å². The molecule has 0 bridgehead atoms. The lowest BCUT2D eigenvalue weighted by atomic mass is 10.3. The maximum absolute atomic E-state index is 12.8. The molecule has 0 aliphatic carbocycles. The van der Waals surface area contributed by atoms with Crippen molar-refractivity contribution in [1.82, 2.24) is 0 Å². The minimum atomic E-state index is -0.331. The molecule has 1 aromatic carbocycles. The van der Waals surface area contributed by atoms with E-state index < -0.39 is 0 Å². The van der Waals surface area contributed by atoms with Crippen molar-refractivity contribution >= 4 is 29.1 Å². The largest absolute Gasteiger partial charge is 0.399 e. The fourth-order valence-electron chi connectivity index (χ4n) is 0.829. The third-order valence-electron chi connectivity index (χ3n) is 1.29. The van der Waals surface area contributed by atoms with Crippen LogP contribution in [0.5, 0.6) is 0 Å². The summed E-state index contributed by atoms with van der Waals surface area (Å²) in [7, 11) is 0. The number of nitrogen functional groups attached to an aromatic ring is 1. The van der Waals surface area contributed by atoms with Crippen LogP contribution in [0.3, 0.4) is 0 Å². The number of nitrogens with two attached hydrogens (primary N) is 1. The Labute approximate surface area is 85.8 Å². The summed E-state index contributed by atoms with van der Waals surface area (Å²) in [5.74, 6) is 0.229. The number of thioether (sulfide) groups is 1. The van der Waals surface area contributed by atoms with Gasteiger partial charge in [0.1, 0.15) is 5.82 Å². The average Bonchev–Trinajstić information content (AvgIpc) is 1.99. The molecule has 0 heterocycles. The summed E-state index contributed by atoms with van der Waals surface area (Å²) in [5, 5.41) is 0.535. The highest BCUT2D eigenvalue weighted by Crippen LogP contribution is 2.24. The van der Waals surface area contributed by atoms with Crippen LogP contribution in [-0.2, 0) is 0 Å². The fraction of sp³-hybridized carbons (Fsp3) is 0.111. The van der Waals surface area contributed by atoms with Gasteiger partial charge in [-0.3, -0.25) is 0 Å². The van der Waals surface area contributed by atoms with E-state index in [2.05, 4.69) is 6.58 Å². The molecule has 0 spiro atoms. The van der Waals surface area contributed by atoms with Crippen LogP contribution < -0.4 is 5.73 Å². The summed E-state index contributed by atoms with van der Waals surface area (Å²) >= 11 is 6.97. The molecular weight excluding hydrogens is 209 g/mol. The molecular formula is C9H9ClFNS. The van der Waals surface area contributed by atoms with Crippen LogP contribution in [0, 0.1) is 5.82 Å². The number of hydrogen-bond acceptors (Lipinski definition) is 2. The van der Waals surface area contributed by atoms with Crippen molar-refractivity contribution in [3.8, 4) is 0 Å². The normalized spacial score (nSPS) is 10.0. The zero-order valence-electron chi connectivity index (χ0n) is 6.89. The van der Waals surface area contributed by atoms with Gasteiger partial charge in [0.05, 0.1) is 0 Å². The molecule has 0 aliphatic rings. The second-order valence-electron chi connectivity index (χ2n) is 2.53. The lowest BCUT2D eigenvalue weighted by Crippen LogP contribution is -1.87. The Morgan fingerprint density at radius 1 is 1.54 bits per heavy atom. The van der Waals surface area contributed by atoms with Gasteiger partial charge >= 0.3 is 0 Å². The first kappa shape index (κ1) is 10.4. The van der Waals surface area contributed by atoms with Crippen LogP contribution >= 0.6 is 23.4 Å². The molecule has 2 N–H and O–H groups in total. The Hall–Kier alpha value is -0.670. The summed E-state index contributed by atoms with van der Waals surface area (Å²) in [5.41, 5.74) is 5.88. The van der Waals surface area contributed by atoms with Crippen molar-refractivity contribution in [1.29, 1.82) is 0 Å². The van der Waals surface area contributed by atoms with Gasteiger partial charge in [-0.05, 0) is 18.2 Å². The van der Waals surface area contributed by atoms with Gasteiger partial charge in [0.25, 0.3) is 0 Å². The van der Waals surface area contributed by atoms with Crippen molar-refractivity contribution in [2.75, 3.05) is 11.5 Å². The number of halogens is 2. The van der Waals surface area contributed by atoms with Gasteiger partial charge in [0.15, 0.2) is 0 Å². The Kier molecular flexibility index (Phi) is 3.63. The summed E-state index contributed by atoms with van der Waals surface area (Å²) < 4.78 is 12.8. The molecule has 0 fully saturated rings. The minimum absolute atomic E-state index is 0.331. The van der Waals surface area contributed by atoms with Crippen LogP contribution in [-0.4, -0.2) is 5.75 Å². The van der Waals surface area contributed by atoms with Crippen LogP contribution in [0.25, 0.3) is 0 Å². The van der Waals surface area contributed by atoms with E-state index in [0.717, 1.165) is 4.90 Å². The molecule has 1 rings (SSSR count). The van der Waals surface area contributed by atoms with Crippen molar-refractivity contribution in [3.63, 3.8) is 0 Å². The van der Waals surface area contributed by atoms with E-state index >= 15 is 0 Å². The maximum Gasteiger partial charge on any atom is 0.126 e. The molecule has 0 radical (unpaired) electrons. The van der Waals surface area contributed by atoms with E-state index in [4.69, 9.17) is 17.3 Å².